The molecule has 0 radical (unpaired) electrons. The van der Waals surface area contributed by atoms with Crippen molar-refractivity contribution in [3.63, 3.8) is 0 Å². The third-order valence-electron chi connectivity index (χ3n) is 2.32. The van der Waals surface area contributed by atoms with Crippen LogP contribution in [0, 0.1) is 11.8 Å². The van der Waals surface area contributed by atoms with Gasteiger partial charge in [-0.2, -0.15) is 0 Å². The molecule has 2 N–H and O–H groups in total. The molecule has 0 aromatic heterocycles. The van der Waals surface area contributed by atoms with Gasteiger partial charge in [0, 0.05) is 13.1 Å². The lowest BCUT2D eigenvalue weighted by atomic mass is 9.92. The van der Waals surface area contributed by atoms with Crippen LogP contribution in [0.5, 0.6) is 0 Å². The summed E-state index contributed by atoms with van der Waals surface area (Å²) in [4.78, 5) is 12.8. The molecule has 3 heteroatoms. The van der Waals surface area contributed by atoms with E-state index in [0.29, 0.717) is 18.4 Å². The van der Waals surface area contributed by atoms with Crippen LogP contribution in [0.1, 0.15) is 20.3 Å². The SMILES string of the molecule is C[C@@H]1C[C@H](C)CN(CC(N)=O)C1. The van der Waals surface area contributed by atoms with Crippen LogP contribution >= 0.6 is 0 Å². The van der Waals surface area contributed by atoms with Crippen molar-refractivity contribution in [1.29, 1.82) is 0 Å². The van der Waals surface area contributed by atoms with E-state index in [1.165, 1.54) is 6.42 Å². The molecule has 2 atom stereocenters. The van der Waals surface area contributed by atoms with Gasteiger partial charge in [0.05, 0.1) is 6.54 Å². The fourth-order valence-electron chi connectivity index (χ4n) is 2.14. The maximum absolute atomic E-state index is 10.7. The summed E-state index contributed by atoms with van der Waals surface area (Å²) in [6.45, 7) is 6.92. The highest BCUT2D eigenvalue weighted by molar-refractivity contribution is 5.75. The Hall–Kier alpha value is -0.570. The van der Waals surface area contributed by atoms with Crippen molar-refractivity contribution in [2.75, 3.05) is 19.6 Å². The zero-order valence-electron chi connectivity index (χ0n) is 7.92. The standard InChI is InChI=1S/C9H18N2O/c1-7-3-8(2)5-11(4-7)6-9(10)12/h7-8H,3-6H2,1-2H3,(H2,10,12)/t7-,8+. The smallest absolute Gasteiger partial charge is 0.231 e. The third-order valence-corrected chi connectivity index (χ3v) is 2.32. The number of rotatable bonds is 2. The quantitative estimate of drug-likeness (QED) is 0.654. The minimum absolute atomic E-state index is 0.212. The molecule has 70 valence electrons. The first-order valence-corrected chi connectivity index (χ1v) is 4.58. The minimum atomic E-state index is -0.212. The molecule has 0 aliphatic carbocycles. The minimum Gasteiger partial charge on any atom is -0.369 e. The molecule has 0 saturated carbocycles. The van der Waals surface area contributed by atoms with Gasteiger partial charge in [0.2, 0.25) is 5.91 Å². The molecule has 0 aromatic carbocycles. The van der Waals surface area contributed by atoms with E-state index in [0.717, 1.165) is 13.1 Å². The molecule has 1 rings (SSSR count). The molecule has 1 saturated heterocycles. The second kappa shape index (κ2) is 3.90. The van der Waals surface area contributed by atoms with Crippen LogP contribution in [0.15, 0.2) is 0 Å². The molecule has 0 unspecified atom stereocenters. The molecule has 12 heavy (non-hydrogen) atoms. The molecular weight excluding hydrogens is 152 g/mol. The van der Waals surface area contributed by atoms with Crippen molar-refractivity contribution >= 4 is 5.91 Å². The second-order valence-electron chi connectivity index (χ2n) is 4.11. The van der Waals surface area contributed by atoms with Gasteiger partial charge >= 0.3 is 0 Å². The van der Waals surface area contributed by atoms with Gasteiger partial charge in [-0.25, -0.2) is 0 Å². The maximum Gasteiger partial charge on any atom is 0.231 e. The summed E-state index contributed by atoms with van der Waals surface area (Å²) in [5, 5.41) is 0. The highest BCUT2D eigenvalue weighted by Crippen LogP contribution is 2.20. The largest absolute Gasteiger partial charge is 0.369 e. The van der Waals surface area contributed by atoms with Gasteiger partial charge in [0.1, 0.15) is 0 Å². The fourth-order valence-corrected chi connectivity index (χ4v) is 2.14. The first-order chi connectivity index (χ1) is 5.58. The van der Waals surface area contributed by atoms with E-state index in [4.69, 9.17) is 5.73 Å². The molecule has 1 fully saturated rings. The van der Waals surface area contributed by atoms with Crippen molar-refractivity contribution in [2.24, 2.45) is 17.6 Å². The van der Waals surface area contributed by atoms with Crippen LogP contribution in [-0.2, 0) is 4.79 Å². The predicted octanol–water partition coefficient (Wildman–Crippen LogP) is 0.450. The Kier molecular flexibility index (Phi) is 3.09. The van der Waals surface area contributed by atoms with E-state index >= 15 is 0 Å². The van der Waals surface area contributed by atoms with Crippen molar-refractivity contribution in [2.45, 2.75) is 20.3 Å². The van der Waals surface area contributed by atoms with Crippen molar-refractivity contribution in [3.8, 4) is 0 Å². The summed E-state index contributed by atoms with van der Waals surface area (Å²) >= 11 is 0. The van der Waals surface area contributed by atoms with E-state index in [1.807, 2.05) is 0 Å². The fraction of sp³-hybridized carbons (Fsp3) is 0.889. The van der Waals surface area contributed by atoms with Crippen LogP contribution in [0.25, 0.3) is 0 Å². The van der Waals surface area contributed by atoms with Crippen LogP contribution < -0.4 is 5.73 Å². The average molecular weight is 170 g/mol. The van der Waals surface area contributed by atoms with Gasteiger partial charge in [0.25, 0.3) is 0 Å². The zero-order valence-corrected chi connectivity index (χ0v) is 7.92. The van der Waals surface area contributed by atoms with E-state index in [1.54, 1.807) is 0 Å². The molecular formula is C9H18N2O. The average Bonchev–Trinajstić information content (AvgIpc) is 1.81. The lowest BCUT2D eigenvalue weighted by molar-refractivity contribution is -0.119. The van der Waals surface area contributed by atoms with Gasteiger partial charge in [0.15, 0.2) is 0 Å². The third kappa shape index (κ3) is 2.81. The first-order valence-electron chi connectivity index (χ1n) is 4.58. The molecule has 3 nitrogen and oxygen atoms in total. The summed E-state index contributed by atoms with van der Waals surface area (Å²) in [6, 6.07) is 0. The van der Waals surface area contributed by atoms with Gasteiger partial charge in [-0.3, -0.25) is 9.69 Å². The normalized spacial score (nSPS) is 31.8. The molecule has 0 aromatic rings. The Morgan fingerprint density at radius 3 is 2.33 bits per heavy atom. The number of hydrogen-bond donors (Lipinski definition) is 1. The summed E-state index contributed by atoms with van der Waals surface area (Å²) < 4.78 is 0. The van der Waals surface area contributed by atoms with E-state index in [-0.39, 0.29) is 5.91 Å². The Labute approximate surface area is 73.9 Å². The van der Waals surface area contributed by atoms with Gasteiger partial charge in [-0.15, -0.1) is 0 Å². The Balaban J connectivity index is 2.38. The predicted molar refractivity (Wildman–Crippen MR) is 48.6 cm³/mol. The number of nitrogens with zero attached hydrogens (tertiary/aromatic N) is 1. The molecule has 1 amide bonds. The summed E-state index contributed by atoms with van der Waals surface area (Å²) in [5.41, 5.74) is 5.13. The molecule has 1 aliphatic heterocycles. The number of hydrogen-bond acceptors (Lipinski definition) is 2. The van der Waals surface area contributed by atoms with E-state index in [2.05, 4.69) is 18.7 Å². The summed E-state index contributed by atoms with van der Waals surface area (Å²) in [5.74, 6) is 1.19. The van der Waals surface area contributed by atoms with Crippen molar-refractivity contribution in [1.82, 2.24) is 4.90 Å². The Morgan fingerprint density at radius 2 is 1.92 bits per heavy atom. The number of likely N-dealkylation sites (tertiary alicyclic amines) is 1. The number of carbonyl (C=O) groups is 1. The van der Waals surface area contributed by atoms with Gasteiger partial charge in [-0.1, -0.05) is 13.8 Å². The second-order valence-corrected chi connectivity index (χ2v) is 4.11. The Bertz CT molecular complexity index is 160. The summed E-state index contributed by atoms with van der Waals surface area (Å²) in [7, 11) is 0. The van der Waals surface area contributed by atoms with Gasteiger partial charge in [-0.05, 0) is 18.3 Å². The number of piperidine rings is 1. The number of amides is 1. The highest BCUT2D eigenvalue weighted by Gasteiger charge is 2.22. The molecule has 0 spiro atoms. The number of carbonyl (C=O) groups excluding carboxylic acids is 1. The Morgan fingerprint density at radius 1 is 1.42 bits per heavy atom. The maximum atomic E-state index is 10.7. The molecule has 1 heterocycles. The number of nitrogens with two attached hydrogens (primary N) is 1. The topological polar surface area (TPSA) is 46.3 Å². The molecule has 0 bridgehead atoms. The van der Waals surface area contributed by atoms with Crippen molar-refractivity contribution < 1.29 is 4.79 Å². The monoisotopic (exact) mass is 170 g/mol. The van der Waals surface area contributed by atoms with Crippen LogP contribution in [0.4, 0.5) is 0 Å². The van der Waals surface area contributed by atoms with Gasteiger partial charge < -0.3 is 5.73 Å². The van der Waals surface area contributed by atoms with Crippen molar-refractivity contribution in [3.05, 3.63) is 0 Å². The van der Waals surface area contributed by atoms with E-state index < -0.39 is 0 Å². The van der Waals surface area contributed by atoms with Crippen LogP contribution in [-0.4, -0.2) is 30.4 Å². The lowest BCUT2D eigenvalue weighted by Gasteiger charge is -2.33. The first kappa shape index (κ1) is 9.52. The molecule has 1 aliphatic rings. The lowest BCUT2D eigenvalue weighted by Crippen LogP contribution is -2.43. The number of primary amides is 1. The zero-order chi connectivity index (χ0) is 9.14. The van der Waals surface area contributed by atoms with E-state index in [9.17, 15) is 4.79 Å². The highest BCUT2D eigenvalue weighted by atomic mass is 16.1. The van der Waals surface area contributed by atoms with Crippen LogP contribution in [0.3, 0.4) is 0 Å². The summed E-state index contributed by atoms with van der Waals surface area (Å²) in [6.07, 6.45) is 1.27. The van der Waals surface area contributed by atoms with Crippen LogP contribution in [0.2, 0.25) is 0 Å².